The molecule has 60 valence electrons. The Morgan fingerprint density at radius 1 is 1.55 bits per heavy atom. The Labute approximate surface area is 64.7 Å². The Morgan fingerprint density at radius 2 is 2.18 bits per heavy atom. The normalized spacial score (nSPS) is 29.9. The average molecular weight is 154 g/mol. The van der Waals surface area contributed by atoms with Gasteiger partial charge in [0.25, 0.3) is 0 Å². The third-order valence-electron chi connectivity index (χ3n) is 1.63. The first kappa shape index (κ1) is 8.17. The van der Waals surface area contributed by atoms with Crippen LogP contribution in [0.4, 0.5) is 0 Å². The second kappa shape index (κ2) is 2.98. The second-order valence-electron chi connectivity index (χ2n) is 2.50. The first-order valence-electron chi connectivity index (χ1n) is 3.38. The fourth-order valence-electron chi connectivity index (χ4n) is 0.986. The Bertz CT molecular complexity index is 227. The van der Waals surface area contributed by atoms with Crippen LogP contribution in [0.1, 0.15) is 6.92 Å². The highest BCUT2D eigenvalue weighted by atomic mass is 16.3. The molecule has 0 aromatic rings. The van der Waals surface area contributed by atoms with Crippen molar-refractivity contribution in [1.82, 2.24) is 0 Å². The van der Waals surface area contributed by atoms with Gasteiger partial charge < -0.3 is 10.2 Å². The van der Waals surface area contributed by atoms with Gasteiger partial charge in [-0.05, 0) is 6.92 Å². The lowest BCUT2D eigenvalue weighted by atomic mass is 9.97. The van der Waals surface area contributed by atoms with Crippen molar-refractivity contribution in [2.75, 3.05) is 0 Å². The van der Waals surface area contributed by atoms with Gasteiger partial charge in [0.2, 0.25) is 0 Å². The van der Waals surface area contributed by atoms with Gasteiger partial charge in [0.1, 0.15) is 12.2 Å². The van der Waals surface area contributed by atoms with Crippen molar-refractivity contribution in [2.45, 2.75) is 19.1 Å². The van der Waals surface area contributed by atoms with Crippen molar-refractivity contribution >= 4 is 5.78 Å². The number of rotatable bonds is 1. The van der Waals surface area contributed by atoms with Crippen LogP contribution in [0.15, 0.2) is 23.8 Å². The maximum absolute atomic E-state index is 10.8. The lowest BCUT2D eigenvalue weighted by Gasteiger charge is -2.18. The Kier molecular flexibility index (Phi) is 2.22. The van der Waals surface area contributed by atoms with Crippen LogP contribution in [-0.2, 0) is 4.79 Å². The fourth-order valence-corrected chi connectivity index (χ4v) is 0.986. The molecule has 1 rings (SSSR count). The van der Waals surface area contributed by atoms with Crippen molar-refractivity contribution < 1.29 is 15.0 Å². The lowest BCUT2D eigenvalue weighted by molar-refractivity contribution is -0.115. The van der Waals surface area contributed by atoms with Gasteiger partial charge in [-0.3, -0.25) is 4.79 Å². The summed E-state index contributed by atoms with van der Waals surface area (Å²) in [6.45, 7) is 1.36. The molecule has 0 bridgehead atoms. The molecular weight excluding hydrogens is 144 g/mol. The monoisotopic (exact) mass is 154 g/mol. The van der Waals surface area contributed by atoms with E-state index in [1.54, 1.807) is 6.08 Å². The van der Waals surface area contributed by atoms with Crippen molar-refractivity contribution in [1.29, 1.82) is 0 Å². The molecule has 0 saturated carbocycles. The minimum Gasteiger partial charge on any atom is -0.386 e. The fraction of sp³-hybridized carbons (Fsp3) is 0.375. The quantitative estimate of drug-likeness (QED) is 0.549. The van der Waals surface area contributed by atoms with Crippen LogP contribution >= 0.6 is 0 Å². The van der Waals surface area contributed by atoms with Crippen molar-refractivity contribution in [3.8, 4) is 0 Å². The van der Waals surface area contributed by atoms with Crippen LogP contribution in [0.2, 0.25) is 0 Å². The molecule has 0 saturated heterocycles. The van der Waals surface area contributed by atoms with E-state index in [1.807, 2.05) is 0 Å². The Hall–Kier alpha value is -0.930. The van der Waals surface area contributed by atoms with Gasteiger partial charge in [0.05, 0.1) is 0 Å². The average Bonchev–Trinajstić information content (AvgIpc) is 1.94. The maximum atomic E-state index is 10.8. The zero-order chi connectivity index (χ0) is 8.43. The summed E-state index contributed by atoms with van der Waals surface area (Å²) in [7, 11) is 0. The highest BCUT2D eigenvalue weighted by Crippen LogP contribution is 2.13. The number of allylic oxidation sites excluding steroid dienone is 2. The van der Waals surface area contributed by atoms with Gasteiger partial charge in [0, 0.05) is 5.57 Å². The van der Waals surface area contributed by atoms with Gasteiger partial charge in [-0.15, -0.1) is 0 Å². The van der Waals surface area contributed by atoms with E-state index in [0.29, 0.717) is 0 Å². The molecule has 1 aliphatic carbocycles. The van der Waals surface area contributed by atoms with Gasteiger partial charge in [0.15, 0.2) is 5.78 Å². The first-order valence-corrected chi connectivity index (χ1v) is 3.38. The van der Waals surface area contributed by atoms with E-state index in [2.05, 4.69) is 0 Å². The molecule has 0 radical (unpaired) electrons. The SMILES string of the molecule is CC(=O)C1=CC=C[C@@H](O)[C@@H]1O. The Morgan fingerprint density at radius 3 is 2.64 bits per heavy atom. The minimum absolute atomic E-state index is 0.207. The predicted octanol–water partition coefficient (Wildman–Crippen LogP) is -0.207. The highest BCUT2D eigenvalue weighted by molar-refractivity contribution is 5.95. The van der Waals surface area contributed by atoms with Crippen LogP contribution in [-0.4, -0.2) is 28.2 Å². The smallest absolute Gasteiger partial charge is 0.158 e. The standard InChI is InChI=1S/C8H10O3/c1-5(9)6-3-2-4-7(10)8(6)11/h2-4,7-8,10-11H,1H3/t7-,8-/m1/s1. The zero-order valence-electron chi connectivity index (χ0n) is 6.19. The van der Waals surface area contributed by atoms with E-state index in [1.165, 1.54) is 19.1 Å². The summed E-state index contributed by atoms with van der Waals surface area (Å²) >= 11 is 0. The second-order valence-corrected chi connectivity index (χ2v) is 2.50. The highest BCUT2D eigenvalue weighted by Gasteiger charge is 2.23. The van der Waals surface area contributed by atoms with Crippen LogP contribution in [0.3, 0.4) is 0 Å². The number of ketones is 1. The number of aliphatic hydroxyl groups is 2. The molecular formula is C8H10O3. The van der Waals surface area contributed by atoms with E-state index in [4.69, 9.17) is 5.11 Å². The molecule has 1 aliphatic rings. The van der Waals surface area contributed by atoms with Crippen LogP contribution in [0.5, 0.6) is 0 Å². The summed E-state index contributed by atoms with van der Waals surface area (Å²) in [5.41, 5.74) is 0.264. The summed E-state index contributed by atoms with van der Waals surface area (Å²) in [5, 5.41) is 18.3. The summed E-state index contributed by atoms with van der Waals surface area (Å²) in [5.74, 6) is -0.207. The van der Waals surface area contributed by atoms with E-state index in [-0.39, 0.29) is 11.4 Å². The molecule has 3 nitrogen and oxygen atoms in total. The number of carbonyl (C=O) groups excluding carboxylic acids is 1. The molecule has 11 heavy (non-hydrogen) atoms. The summed E-state index contributed by atoms with van der Waals surface area (Å²) in [6, 6.07) is 0. The molecule has 0 fully saturated rings. The molecule has 3 heteroatoms. The van der Waals surface area contributed by atoms with Crippen LogP contribution in [0.25, 0.3) is 0 Å². The Balaban J connectivity index is 2.87. The summed E-state index contributed by atoms with van der Waals surface area (Å²) in [4.78, 5) is 10.8. The third kappa shape index (κ3) is 1.56. The molecule has 0 heterocycles. The van der Waals surface area contributed by atoms with Gasteiger partial charge in [-0.25, -0.2) is 0 Å². The van der Waals surface area contributed by atoms with E-state index in [9.17, 15) is 9.90 Å². The van der Waals surface area contributed by atoms with Crippen molar-refractivity contribution in [2.24, 2.45) is 0 Å². The number of aliphatic hydroxyl groups excluding tert-OH is 2. The molecule has 0 aliphatic heterocycles. The zero-order valence-corrected chi connectivity index (χ0v) is 6.19. The summed E-state index contributed by atoms with van der Waals surface area (Å²) in [6.07, 6.45) is 2.52. The third-order valence-corrected chi connectivity index (χ3v) is 1.63. The molecule has 0 unspecified atom stereocenters. The molecule has 0 aromatic heterocycles. The number of hydrogen-bond acceptors (Lipinski definition) is 3. The molecule has 2 N–H and O–H groups in total. The largest absolute Gasteiger partial charge is 0.386 e. The van der Waals surface area contributed by atoms with E-state index in [0.717, 1.165) is 0 Å². The lowest BCUT2D eigenvalue weighted by Crippen LogP contribution is -2.30. The summed E-state index contributed by atoms with van der Waals surface area (Å²) < 4.78 is 0. The number of hydrogen-bond donors (Lipinski definition) is 2. The number of carbonyl (C=O) groups is 1. The molecule has 0 amide bonds. The van der Waals surface area contributed by atoms with E-state index >= 15 is 0 Å². The van der Waals surface area contributed by atoms with Gasteiger partial charge in [-0.1, -0.05) is 18.2 Å². The van der Waals surface area contributed by atoms with Gasteiger partial charge >= 0.3 is 0 Å². The maximum Gasteiger partial charge on any atom is 0.158 e. The molecule has 2 atom stereocenters. The number of Topliss-reactive ketones (excluding diaryl/α,β-unsaturated/α-hetero) is 1. The molecule has 0 aromatic carbocycles. The van der Waals surface area contributed by atoms with E-state index < -0.39 is 12.2 Å². The first-order chi connectivity index (χ1) is 5.13. The predicted molar refractivity (Wildman–Crippen MR) is 39.9 cm³/mol. The van der Waals surface area contributed by atoms with Crippen molar-refractivity contribution in [3.63, 3.8) is 0 Å². The van der Waals surface area contributed by atoms with Gasteiger partial charge in [-0.2, -0.15) is 0 Å². The van der Waals surface area contributed by atoms with Crippen LogP contribution < -0.4 is 0 Å². The molecule has 0 spiro atoms. The van der Waals surface area contributed by atoms with Crippen molar-refractivity contribution in [3.05, 3.63) is 23.8 Å². The minimum atomic E-state index is -1.06. The topological polar surface area (TPSA) is 57.5 Å². The van der Waals surface area contributed by atoms with Crippen LogP contribution in [0, 0.1) is 0 Å².